The Morgan fingerprint density at radius 1 is 0.413 bits per heavy atom. The third-order valence-corrected chi connectivity index (χ3v) is 13.5. The van der Waals surface area contributed by atoms with Crippen LogP contribution in [0.15, 0.2) is 72.9 Å². The van der Waals surface area contributed by atoms with Gasteiger partial charge in [0.1, 0.15) is 13.2 Å². The summed E-state index contributed by atoms with van der Waals surface area (Å²) in [5.74, 6) is -2.27. The molecule has 2 unspecified atom stereocenters. The zero-order valence-corrected chi connectivity index (χ0v) is 49.4. The smallest absolute Gasteiger partial charge is 0.306 e. The molecule has 0 amide bonds. The molecule has 75 heavy (non-hydrogen) atoms. The van der Waals surface area contributed by atoms with Gasteiger partial charge in [0.15, 0.2) is 12.4 Å². The van der Waals surface area contributed by atoms with E-state index in [9.17, 15) is 19.5 Å². The van der Waals surface area contributed by atoms with Crippen LogP contribution in [0.1, 0.15) is 271 Å². The largest absolute Gasteiger partial charge is 0.545 e. The standard InChI is InChI=1S/C66H117NO8/c1-6-8-10-12-14-16-17-18-19-20-21-22-23-24-25-26-27-28-29-30-31-32-33-34-35-36-37-38-39-40-41-42-43-44-45-46-47-49-51-53-55-57-64(69)75-62(61-74-66(65(70)71)72-59-58-67(3,4)5)60-73-63(68)56-54-52-50-48-15-13-11-9-7-2/h8,10,14,16,18-19,21-22,24-25,27-28,62,66H,6-7,9,11-13,15,17,20,23,26,29-61H2,1-5H3/b10-8-,16-14-,19-18-,22-21-,25-24-,28-27-. The number of hydrogen-bond donors (Lipinski definition) is 0. The number of unbranched alkanes of at least 4 members (excludes halogenated alkanes) is 30. The normalized spacial score (nSPS) is 13.2. The predicted molar refractivity (Wildman–Crippen MR) is 315 cm³/mol. The number of aliphatic carboxylic acids is 1. The molecule has 0 saturated heterocycles. The van der Waals surface area contributed by atoms with Crippen LogP contribution in [0.2, 0.25) is 0 Å². The Labute approximate surface area is 462 Å². The molecule has 0 rings (SSSR count). The van der Waals surface area contributed by atoms with Crippen molar-refractivity contribution in [2.45, 2.75) is 283 Å². The van der Waals surface area contributed by atoms with Crippen LogP contribution in [0, 0.1) is 0 Å². The molecule has 2 atom stereocenters. The van der Waals surface area contributed by atoms with E-state index in [0.29, 0.717) is 23.9 Å². The van der Waals surface area contributed by atoms with Gasteiger partial charge in [-0.1, -0.05) is 267 Å². The minimum absolute atomic E-state index is 0.149. The highest BCUT2D eigenvalue weighted by molar-refractivity contribution is 5.70. The Hall–Kier alpha value is -3.27. The molecule has 9 nitrogen and oxygen atoms in total. The molecule has 0 aromatic carbocycles. The lowest BCUT2D eigenvalue weighted by molar-refractivity contribution is -0.870. The van der Waals surface area contributed by atoms with Crippen molar-refractivity contribution in [3.63, 3.8) is 0 Å². The quantitative estimate of drug-likeness (QED) is 0.0195. The van der Waals surface area contributed by atoms with Crippen molar-refractivity contribution in [1.82, 2.24) is 0 Å². The van der Waals surface area contributed by atoms with Crippen molar-refractivity contribution >= 4 is 17.9 Å². The minimum atomic E-state index is -1.62. The van der Waals surface area contributed by atoms with Gasteiger partial charge in [-0.2, -0.15) is 0 Å². The number of hydrogen-bond acceptors (Lipinski definition) is 8. The number of likely N-dealkylation sites (N-methyl/N-ethyl adjacent to an activating group) is 1. The molecule has 0 radical (unpaired) electrons. The Morgan fingerprint density at radius 2 is 0.760 bits per heavy atom. The molecule has 0 aromatic heterocycles. The summed E-state index contributed by atoms with van der Waals surface area (Å²) < 4.78 is 22.6. The van der Waals surface area contributed by atoms with Crippen LogP contribution in [0.4, 0.5) is 0 Å². The van der Waals surface area contributed by atoms with Gasteiger partial charge in [0.25, 0.3) is 0 Å². The summed E-state index contributed by atoms with van der Waals surface area (Å²) >= 11 is 0. The van der Waals surface area contributed by atoms with Crippen LogP contribution < -0.4 is 5.11 Å². The molecule has 0 saturated carbocycles. The average Bonchev–Trinajstić information content (AvgIpc) is 3.38. The molecule has 0 aromatic rings. The van der Waals surface area contributed by atoms with E-state index < -0.39 is 24.3 Å². The third-order valence-electron chi connectivity index (χ3n) is 13.5. The van der Waals surface area contributed by atoms with E-state index in [0.717, 1.165) is 70.6 Å². The first-order valence-corrected chi connectivity index (χ1v) is 31.1. The molecule has 0 heterocycles. The Morgan fingerprint density at radius 3 is 1.13 bits per heavy atom. The highest BCUT2D eigenvalue weighted by atomic mass is 16.7. The fourth-order valence-electron chi connectivity index (χ4n) is 8.72. The van der Waals surface area contributed by atoms with Crippen LogP contribution >= 0.6 is 0 Å². The number of rotatable bonds is 57. The molecule has 9 heteroatoms. The van der Waals surface area contributed by atoms with Crippen molar-refractivity contribution < 1.29 is 42.9 Å². The number of carbonyl (C=O) groups is 3. The minimum Gasteiger partial charge on any atom is -0.545 e. The number of nitrogens with zero attached hydrogens (tertiary/aromatic N) is 1. The van der Waals surface area contributed by atoms with Crippen LogP contribution in [-0.4, -0.2) is 82.3 Å². The zero-order chi connectivity index (χ0) is 54.8. The zero-order valence-electron chi connectivity index (χ0n) is 49.4. The first-order valence-electron chi connectivity index (χ1n) is 31.1. The Bertz CT molecular complexity index is 1460. The number of ether oxygens (including phenoxy) is 4. The molecule has 0 aliphatic carbocycles. The van der Waals surface area contributed by atoms with E-state index in [-0.39, 0.29) is 32.2 Å². The number of carboxylic acids is 1. The monoisotopic (exact) mass is 1050 g/mol. The molecule has 0 aliphatic rings. The fraction of sp³-hybridized carbons (Fsp3) is 0.773. The first-order chi connectivity index (χ1) is 36.6. The summed E-state index contributed by atoms with van der Waals surface area (Å²) in [4.78, 5) is 37.1. The van der Waals surface area contributed by atoms with Gasteiger partial charge < -0.3 is 33.3 Å². The van der Waals surface area contributed by atoms with Gasteiger partial charge in [-0.3, -0.25) is 9.59 Å². The SMILES string of the molecule is CC/C=C\C/C=C\C/C=C\C/C=C\C/C=C\C/C=C\CCCCCCCCCCCCCCCCCCCCCCCCC(=O)OC(COC(=O)CCCCCCCCCCC)COC(OCC[N+](C)(C)C)C(=O)[O-]. The molecule has 0 bridgehead atoms. The first kappa shape index (κ1) is 71.7. The topological polar surface area (TPSA) is 111 Å². The molecule has 0 fully saturated rings. The second-order valence-corrected chi connectivity index (χ2v) is 22.0. The van der Waals surface area contributed by atoms with Crippen molar-refractivity contribution in [2.75, 3.05) is 47.5 Å². The van der Waals surface area contributed by atoms with E-state index in [1.54, 1.807) is 0 Å². The van der Waals surface area contributed by atoms with Crippen LogP contribution in [0.3, 0.4) is 0 Å². The highest BCUT2D eigenvalue weighted by Crippen LogP contribution is 2.17. The second kappa shape index (κ2) is 56.9. The summed E-state index contributed by atoms with van der Waals surface area (Å²) in [6, 6.07) is 0. The number of esters is 2. The van der Waals surface area contributed by atoms with Crippen molar-refractivity contribution in [3.8, 4) is 0 Å². The maximum absolute atomic E-state index is 12.8. The van der Waals surface area contributed by atoms with Gasteiger partial charge in [0.2, 0.25) is 0 Å². The maximum Gasteiger partial charge on any atom is 0.306 e. The number of quaternary nitrogens is 1. The fourth-order valence-corrected chi connectivity index (χ4v) is 8.72. The lowest BCUT2D eigenvalue weighted by atomic mass is 10.0. The summed E-state index contributed by atoms with van der Waals surface area (Å²) in [6.07, 6.45) is 71.5. The van der Waals surface area contributed by atoms with Crippen molar-refractivity contribution in [1.29, 1.82) is 0 Å². The average molecular weight is 1050 g/mol. The van der Waals surface area contributed by atoms with Gasteiger partial charge >= 0.3 is 11.9 Å². The number of carboxylic acid groups (broad SMARTS) is 1. The predicted octanol–water partition coefficient (Wildman–Crippen LogP) is 17.2. The van der Waals surface area contributed by atoms with Gasteiger partial charge in [-0.05, 0) is 64.2 Å². The summed E-state index contributed by atoms with van der Waals surface area (Å²) in [7, 11) is 5.92. The van der Waals surface area contributed by atoms with Crippen molar-refractivity contribution in [2.24, 2.45) is 0 Å². The summed E-state index contributed by atoms with van der Waals surface area (Å²) in [5.41, 5.74) is 0. The summed E-state index contributed by atoms with van der Waals surface area (Å²) in [5, 5.41) is 11.7. The highest BCUT2D eigenvalue weighted by Gasteiger charge is 2.22. The second-order valence-electron chi connectivity index (χ2n) is 22.0. The lowest BCUT2D eigenvalue weighted by Gasteiger charge is -2.26. The molecular weight excluding hydrogens is 935 g/mol. The van der Waals surface area contributed by atoms with E-state index in [2.05, 4.69) is 86.8 Å². The molecule has 434 valence electrons. The van der Waals surface area contributed by atoms with Crippen molar-refractivity contribution in [3.05, 3.63) is 72.9 Å². The number of allylic oxidation sites excluding steroid dienone is 12. The van der Waals surface area contributed by atoms with Crippen LogP contribution in [0.25, 0.3) is 0 Å². The van der Waals surface area contributed by atoms with E-state index in [1.165, 1.54) is 167 Å². The van der Waals surface area contributed by atoms with Crippen LogP contribution in [-0.2, 0) is 33.3 Å². The lowest BCUT2D eigenvalue weighted by Crippen LogP contribution is -2.44. The summed E-state index contributed by atoms with van der Waals surface area (Å²) in [6.45, 7) is 4.62. The van der Waals surface area contributed by atoms with E-state index >= 15 is 0 Å². The molecule has 0 spiro atoms. The van der Waals surface area contributed by atoms with Crippen LogP contribution in [0.5, 0.6) is 0 Å². The molecular formula is C66H117NO8. The number of carbonyl (C=O) groups excluding carboxylic acids is 3. The van der Waals surface area contributed by atoms with Gasteiger partial charge in [-0.15, -0.1) is 0 Å². The maximum atomic E-state index is 12.8. The Kier molecular flexibility index (Phi) is 54.4. The van der Waals surface area contributed by atoms with Gasteiger partial charge in [0.05, 0.1) is 40.3 Å². The van der Waals surface area contributed by atoms with E-state index in [4.69, 9.17) is 18.9 Å². The third kappa shape index (κ3) is 58.3. The van der Waals surface area contributed by atoms with Gasteiger partial charge in [0, 0.05) is 12.8 Å². The Balaban J connectivity index is 3.88. The van der Waals surface area contributed by atoms with E-state index in [1.807, 2.05) is 21.1 Å². The molecule has 0 aliphatic heterocycles. The molecule has 0 N–H and O–H groups in total. The van der Waals surface area contributed by atoms with Gasteiger partial charge in [-0.25, -0.2) is 0 Å².